The SMILES string of the molecule is COc1cc(C=O)ccc1Oc1c(I)cc(C=O)cc1OC. The van der Waals surface area contributed by atoms with Gasteiger partial charge in [0.25, 0.3) is 0 Å². The maximum Gasteiger partial charge on any atom is 0.182 e. The molecular formula is C16H13IO5. The highest BCUT2D eigenvalue weighted by Crippen LogP contribution is 2.40. The van der Waals surface area contributed by atoms with Crippen molar-refractivity contribution in [3.63, 3.8) is 0 Å². The summed E-state index contributed by atoms with van der Waals surface area (Å²) in [5.74, 6) is 1.80. The minimum absolute atomic E-state index is 0.432. The van der Waals surface area contributed by atoms with Crippen molar-refractivity contribution in [2.24, 2.45) is 0 Å². The second-order valence-electron chi connectivity index (χ2n) is 4.28. The zero-order valence-corrected chi connectivity index (χ0v) is 14.1. The van der Waals surface area contributed by atoms with Gasteiger partial charge in [0.05, 0.1) is 17.8 Å². The summed E-state index contributed by atoms with van der Waals surface area (Å²) in [6.07, 6.45) is 1.48. The van der Waals surface area contributed by atoms with Crippen LogP contribution in [-0.4, -0.2) is 26.8 Å². The van der Waals surface area contributed by atoms with Gasteiger partial charge in [-0.3, -0.25) is 9.59 Å². The first-order valence-electron chi connectivity index (χ1n) is 6.26. The van der Waals surface area contributed by atoms with Crippen molar-refractivity contribution in [3.8, 4) is 23.0 Å². The van der Waals surface area contributed by atoms with Crippen molar-refractivity contribution >= 4 is 35.2 Å². The summed E-state index contributed by atoms with van der Waals surface area (Å²) in [5.41, 5.74) is 0.985. The maximum absolute atomic E-state index is 10.9. The molecule has 0 N–H and O–H groups in total. The minimum Gasteiger partial charge on any atom is -0.493 e. The lowest BCUT2D eigenvalue weighted by Crippen LogP contribution is -1.97. The van der Waals surface area contributed by atoms with Gasteiger partial charge in [-0.2, -0.15) is 0 Å². The molecule has 5 nitrogen and oxygen atoms in total. The summed E-state index contributed by atoms with van der Waals surface area (Å²) in [6, 6.07) is 8.14. The molecule has 22 heavy (non-hydrogen) atoms. The fourth-order valence-corrected chi connectivity index (χ4v) is 2.59. The number of carbonyl (C=O) groups is 2. The highest BCUT2D eigenvalue weighted by molar-refractivity contribution is 14.1. The molecule has 0 amide bonds. The van der Waals surface area contributed by atoms with E-state index in [4.69, 9.17) is 14.2 Å². The molecule has 0 unspecified atom stereocenters. The number of methoxy groups -OCH3 is 2. The van der Waals surface area contributed by atoms with Crippen LogP contribution in [0.5, 0.6) is 23.0 Å². The van der Waals surface area contributed by atoms with Gasteiger partial charge in [-0.1, -0.05) is 0 Å². The number of carbonyl (C=O) groups excluding carboxylic acids is 2. The van der Waals surface area contributed by atoms with Crippen LogP contribution in [0.4, 0.5) is 0 Å². The normalized spacial score (nSPS) is 9.95. The van der Waals surface area contributed by atoms with E-state index < -0.39 is 0 Å². The number of halogens is 1. The largest absolute Gasteiger partial charge is 0.493 e. The summed E-state index contributed by atoms with van der Waals surface area (Å²) >= 11 is 2.06. The molecule has 0 aliphatic heterocycles. The predicted molar refractivity (Wildman–Crippen MR) is 89.6 cm³/mol. The van der Waals surface area contributed by atoms with Crippen LogP contribution in [-0.2, 0) is 0 Å². The minimum atomic E-state index is 0.432. The summed E-state index contributed by atoms with van der Waals surface area (Å²) in [5, 5.41) is 0. The Labute approximate surface area is 141 Å². The number of benzene rings is 2. The molecule has 0 aliphatic rings. The van der Waals surface area contributed by atoms with Crippen LogP contribution in [0, 0.1) is 3.57 Å². The molecule has 0 saturated carbocycles. The Morgan fingerprint density at radius 2 is 1.50 bits per heavy atom. The Hall–Kier alpha value is -2.09. The Bertz CT molecular complexity index is 712. The van der Waals surface area contributed by atoms with Crippen LogP contribution < -0.4 is 14.2 Å². The van der Waals surface area contributed by atoms with Crippen molar-refractivity contribution in [2.45, 2.75) is 0 Å². The Morgan fingerprint density at radius 1 is 0.864 bits per heavy atom. The van der Waals surface area contributed by atoms with Crippen LogP contribution >= 0.6 is 22.6 Å². The van der Waals surface area contributed by atoms with Gasteiger partial charge in [-0.05, 0) is 52.9 Å². The first-order chi connectivity index (χ1) is 10.6. The quantitative estimate of drug-likeness (QED) is 0.535. The highest BCUT2D eigenvalue weighted by atomic mass is 127. The van der Waals surface area contributed by atoms with Crippen molar-refractivity contribution in [1.82, 2.24) is 0 Å². The Morgan fingerprint density at radius 3 is 2.09 bits per heavy atom. The molecule has 0 fully saturated rings. The van der Waals surface area contributed by atoms with Gasteiger partial charge in [0, 0.05) is 11.1 Å². The average molecular weight is 412 g/mol. The Kier molecular flexibility index (Phi) is 5.37. The van der Waals surface area contributed by atoms with E-state index in [0.717, 1.165) is 16.1 Å². The van der Waals surface area contributed by atoms with Gasteiger partial charge in [-0.15, -0.1) is 0 Å². The molecular weight excluding hydrogens is 399 g/mol. The van der Waals surface area contributed by atoms with Gasteiger partial charge >= 0.3 is 0 Å². The lowest BCUT2D eigenvalue weighted by molar-refractivity contribution is 0.111. The van der Waals surface area contributed by atoms with E-state index in [2.05, 4.69) is 22.6 Å². The van der Waals surface area contributed by atoms with Crippen LogP contribution in [0.1, 0.15) is 20.7 Å². The summed E-state index contributed by atoms with van der Waals surface area (Å²) in [6.45, 7) is 0. The van der Waals surface area contributed by atoms with E-state index >= 15 is 0 Å². The molecule has 0 aromatic heterocycles. The van der Waals surface area contributed by atoms with Gasteiger partial charge in [0.2, 0.25) is 0 Å². The molecule has 0 atom stereocenters. The molecule has 2 aromatic carbocycles. The molecule has 6 heteroatoms. The van der Waals surface area contributed by atoms with E-state index in [1.54, 1.807) is 30.3 Å². The number of hydrogen-bond donors (Lipinski definition) is 0. The van der Waals surface area contributed by atoms with Crippen molar-refractivity contribution in [3.05, 3.63) is 45.0 Å². The zero-order valence-electron chi connectivity index (χ0n) is 12.0. The summed E-state index contributed by atoms with van der Waals surface area (Å²) < 4.78 is 17.1. The highest BCUT2D eigenvalue weighted by Gasteiger charge is 2.15. The molecule has 2 aromatic rings. The molecule has 0 heterocycles. The second-order valence-corrected chi connectivity index (χ2v) is 5.44. The smallest absolute Gasteiger partial charge is 0.182 e. The van der Waals surface area contributed by atoms with Crippen LogP contribution in [0.25, 0.3) is 0 Å². The average Bonchev–Trinajstić information content (AvgIpc) is 2.56. The predicted octanol–water partition coefficient (Wildman–Crippen LogP) is 3.73. The van der Waals surface area contributed by atoms with E-state index in [0.29, 0.717) is 34.1 Å². The number of rotatable bonds is 6. The van der Waals surface area contributed by atoms with Crippen molar-refractivity contribution < 1.29 is 23.8 Å². The maximum atomic E-state index is 10.9. The fraction of sp³-hybridized carbons (Fsp3) is 0.125. The molecule has 2 rings (SSSR count). The third-order valence-electron chi connectivity index (χ3n) is 2.92. The molecule has 0 radical (unpaired) electrons. The van der Waals surface area contributed by atoms with Crippen LogP contribution in [0.15, 0.2) is 30.3 Å². The van der Waals surface area contributed by atoms with E-state index in [1.165, 1.54) is 14.2 Å². The van der Waals surface area contributed by atoms with E-state index in [1.807, 2.05) is 0 Å². The van der Waals surface area contributed by atoms with Gasteiger partial charge in [0.1, 0.15) is 12.6 Å². The lowest BCUT2D eigenvalue weighted by Gasteiger charge is -2.15. The monoisotopic (exact) mass is 412 g/mol. The first kappa shape index (κ1) is 16.3. The molecule has 0 spiro atoms. The topological polar surface area (TPSA) is 61.8 Å². The number of aldehydes is 2. The lowest BCUT2D eigenvalue weighted by atomic mass is 10.2. The summed E-state index contributed by atoms with van der Waals surface area (Å²) in [4.78, 5) is 21.7. The fourth-order valence-electron chi connectivity index (χ4n) is 1.86. The van der Waals surface area contributed by atoms with E-state index in [9.17, 15) is 9.59 Å². The first-order valence-corrected chi connectivity index (χ1v) is 7.34. The second kappa shape index (κ2) is 7.26. The Balaban J connectivity index is 2.46. The van der Waals surface area contributed by atoms with Gasteiger partial charge < -0.3 is 14.2 Å². The molecule has 0 saturated heterocycles. The van der Waals surface area contributed by atoms with E-state index in [-0.39, 0.29) is 0 Å². The number of hydrogen-bond acceptors (Lipinski definition) is 5. The molecule has 0 bridgehead atoms. The van der Waals surface area contributed by atoms with Crippen LogP contribution in [0.2, 0.25) is 0 Å². The zero-order chi connectivity index (χ0) is 16.1. The third-order valence-corrected chi connectivity index (χ3v) is 3.72. The van der Waals surface area contributed by atoms with Gasteiger partial charge in [0.15, 0.2) is 23.0 Å². The standard InChI is InChI=1S/C16H13IO5/c1-20-14-6-10(8-18)3-4-13(14)22-16-12(17)5-11(9-19)7-15(16)21-2/h3-9H,1-2H3. The van der Waals surface area contributed by atoms with Gasteiger partial charge in [-0.25, -0.2) is 0 Å². The van der Waals surface area contributed by atoms with Crippen molar-refractivity contribution in [2.75, 3.05) is 14.2 Å². The summed E-state index contributed by atoms with van der Waals surface area (Å²) in [7, 11) is 2.99. The van der Waals surface area contributed by atoms with Crippen molar-refractivity contribution in [1.29, 1.82) is 0 Å². The molecule has 0 aliphatic carbocycles. The molecule has 114 valence electrons. The number of ether oxygens (including phenoxy) is 3. The third kappa shape index (κ3) is 3.38. The van der Waals surface area contributed by atoms with Crippen LogP contribution in [0.3, 0.4) is 0 Å².